The standard InChI is InChI=1S/C26H42N4O2/c1-4-27-25(28-21-26(2,3)14-8-11-22-9-6-5-7-10-22)30-15-12-23(13-16-30)24(31)29-17-19-32-20-18-29/h5-7,9-10,23H,4,8,11-21H2,1-3H3,(H,27,28). The predicted molar refractivity (Wildman–Crippen MR) is 131 cm³/mol. The van der Waals surface area contributed by atoms with E-state index in [0.29, 0.717) is 19.1 Å². The van der Waals surface area contributed by atoms with Crippen molar-refractivity contribution in [2.24, 2.45) is 16.3 Å². The summed E-state index contributed by atoms with van der Waals surface area (Å²) in [5, 5.41) is 3.48. The Balaban J connectivity index is 1.47. The number of nitrogens with one attached hydrogen (secondary N) is 1. The third-order valence-corrected chi connectivity index (χ3v) is 6.62. The van der Waals surface area contributed by atoms with Gasteiger partial charge in [-0.3, -0.25) is 9.79 Å². The smallest absolute Gasteiger partial charge is 0.225 e. The lowest BCUT2D eigenvalue weighted by molar-refractivity contribution is -0.140. The highest BCUT2D eigenvalue weighted by Gasteiger charge is 2.30. The van der Waals surface area contributed by atoms with Crippen LogP contribution in [-0.4, -0.2) is 74.1 Å². The Morgan fingerprint density at radius 1 is 1.09 bits per heavy atom. The second-order valence-corrected chi connectivity index (χ2v) is 9.87. The number of morpholine rings is 1. The van der Waals surface area contributed by atoms with Crippen molar-refractivity contribution in [3.63, 3.8) is 0 Å². The first kappa shape index (κ1) is 24.6. The molecule has 0 aromatic heterocycles. The van der Waals surface area contributed by atoms with Crippen LogP contribution in [0.5, 0.6) is 0 Å². The van der Waals surface area contributed by atoms with Crippen LogP contribution in [0, 0.1) is 11.3 Å². The number of carbonyl (C=O) groups excluding carboxylic acids is 1. The van der Waals surface area contributed by atoms with Gasteiger partial charge in [0.25, 0.3) is 0 Å². The minimum atomic E-state index is 0.140. The van der Waals surface area contributed by atoms with E-state index >= 15 is 0 Å². The molecule has 2 fully saturated rings. The van der Waals surface area contributed by atoms with Gasteiger partial charge in [0.15, 0.2) is 5.96 Å². The fourth-order valence-corrected chi connectivity index (χ4v) is 4.59. The second-order valence-electron chi connectivity index (χ2n) is 9.87. The zero-order valence-electron chi connectivity index (χ0n) is 20.3. The molecule has 3 rings (SSSR count). The Morgan fingerprint density at radius 3 is 2.44 bits per heavy atom. The molecule has 32 heavy (non-hydrogen) atoms. The number of guanidine groups is 1. The normalized spacial score (nSPS) is 18.7. The van der Waals surface area contributed by atoms with E-state index in [0.717, 1.165) is 70.9 Å². The average molecular weight is 443 g/mol. The predicted octanol–water partition coefficient (Wildman–Crippen LogP) is 3.57. The van der Waals surface area contributed by atoms with Gasteiger partial charge in [-0.25, -0.2) is 0 Å². The Hall–Kier alpha value is -2.08. The largest absolute Gasteiger partial charge is 0.378 e. The maximum Gasteiger partial charge on any atom is 0.225 e. The topological polar surface area (TPSA) is 57.2 Å². The molecule has 6 heteroatoms. The van der Waals surface area contributed by atoms with Crippen LogP contribution in [-0.2, 0) is 16.0 Å². The number of piperidine rings is 1. The molecule has 1 aromatic carbocycles. The van der Waals surface area contributed by atoms with Crippen LogP contribution < -0.4 is 5.32 Å². The number of aryl methyl sites for hydroxylation is 1. The van der Waals surface area contributed by atoms with Crippen molar-refractivity contribution in [1.82, 2.24) is 15.1 Å². The lowest BCUT2D eigenvalue weighted by atomic mass is 9.86. The number of carbonyl (C=O) groups is 1. The van der Waals surface area contributed by atoms with Crippen LogP contribution in [0.15, 0.2) is 35.3 Å². The van der Waals surface area contributed by atoms with Gasteiger partial charge in [0.2, 0.25) is 5.91 Å². The molecule has 0 unspecified atom stereocenters. The first-order valence-corrected chi connectivity index (χ1v) is 12.4. The summed E-state index contributed by atoms with van der Waals surface area (Å²) in [6.07, 6.45) is 5.26. The molecule has 1 amide bonds. The van der Waals surface area contributed by atoms with Gasteiger partial charge in [-0.2, -0.15) is 0 Å². The minimum Gasteiger partial charge on any atom is -0.378 e. The average Bonchev–Trinajstić information content (AvgIpc) is 2.82. The van der Waals surface area contributed by atoms with E-state index in [-0.39, 0.29) is 11.3 Å². The molecule has 0 saturated carbocycles. The number of rotatable bonds is 8. The summed E-state index contributed by atoms with van der Waals surface area (Å²) in [5.41, 5.74) is 1.58. The number of aliphatic imine (C=N–C) groups is 1. The maximum atomic E-state index is 12.8. The van der Waals surface area contributed by atoms with Gasteiger partial charge in [-0.05, 0) is 50.0 Å². The summed E-state index contributed by atoms with van der Waals surface area (Å²) in [5.74, 6) is 1.46. The van der Waals surface area contributed by atoms with Crippen molar-refractivity contribution in [1.29, 1.82) is 0 Å². The second kappa shape index (κ2) is 12.2. The number of ether oxygens (including phenoxy) is 1. The van der Waals surface area contributed by atoms with Crippen molar-refractivity contribution in [2.45, 2.75) is 52.9 Å². The van der Waals surface area contributed by atoms with Crippen LogP contribution in [0.1, 0.15) is 52.0 Å². The van der Waals surface area contributed by atoms with E-state index in [2.05, 4.69) is 61.3 Å². The molecule has 0 radical (unpaired) electrons. The van der Waals surface area contributed by atoms with Crippen molar-refractivity contribution >= 4 is 11.9 Å². The van der Waals surface area contributed by atoms with Gasteiger partial charge in [0.05, 0.1) is 13.2 Å². The third-order valence-electron chi connectivity index (χ3n) is 6.62. The molecule has 1 N–H and O–H groups in total. The number of hydrogen-bond donors (Lipinski definition) is 1. The summed E-state index contributed by atoms with van der Waals surface area (Å²) in [7, 11) is 0. The number of nitrogens with zero attached hydrogens (tertiary/aromatic N) is 3. The molecule has 0 aliphatic carbocycles. The molecule has 0 bridgehead atoms. The lowest BCUT2D eigenvalue weighted by Gasteiger charge is -2.37. The molecule has 1 aromatic rings. The zero-order valence-corrected chi connectivity index (χ0v) is 20.3. The monoisotopic (exact) mass is 442 g/mol. The van der Waals surface area contributed by atoms with Gasteiger partial charge < -0.3 is 19.9 Å². The highest BCUT2D eigenvalue weighted by Crippen LogP contribution is 2.25. The van der Waals surface area contributed by atoms with Gasteiger partial charge in [0, 0.05) is 45.2 Å². The SMILES string of the molecule is CCNC(=NCC(C)(C)CCCc1ccccc1)N1CCC(C(=O)N2CCOCC2)CC1. The van der Waals surface area contributed by atoms with Crippen LogP contribution in [0.2, 0.25) is 0 Å². The van der Waals surface area contributed by atoms with Crippen molar-refractivity contribution in [3.8, 4) is 0 Å². The van der Waals surface area contributed by atoms with E-state index in [9.17, 15) is 4.79 Å². The van der Waals surface area contributed by atoms with Crippen LogP contribution in [0.3, 0.4) is 0 Å². The van der Waals surface area contributed by atoms with Gasteiger partial charge in [-0.1, -0.05) is 44.2 Å². The summed E-state index contributed by atoms with van der Waals surface area (Å²) in [6.45, 7) is 13.0. The Kier molecular flexibility index (Phi) is 9.39. The molecular formula is C26H42N4O2. The molecule has 2 saturated heterocycles. The van der Waals surface area contributed by atoms with Crippen LogP contribution >= 0.6 is 0 Å². The van der Waals surface area contributed by atoms with Crippen molar-refractivity contribution in [3.05, 3.63) is 35.9 Å². The van der Waals surface area contributed by atoms with Gasteiger partial charge >= 0.3 is 0 Å². The fourth-order valence-electron chi connectivity index (χ4n) is 4.59. The Bertz CT molecular complexity index is 721. The van der Waals surface area contributed by atoms with E-state index in [1.165, 1.54) is 12.0 Å². The molecule has 2 aliphatic rings. The molecular weight excluding hydrogens is 400 g/mol. The van der Waals surface area contributed by atoms with E-state index < -0.39 is 0 Å². The quantitative estimate of drug-likeness (QED) is 0.494. The van der Waals surface area contributed by atoms with Gasteiger partial charge in [-0.15, -0.1) is 0 Å². The highest BCUT2D eigenvalue weighted by atomic mass is 16.5. The molecule has 6 nitrogen and oxygen atoms in total. The van der Waals surface area contributed by atoms with E-state index in [1.807, 2.05) is 4.90 Å². The number of amides is 1. The van der Waals surface area contributed by atoms with Gasteiger partial charge in [0.1, 0.15) is 0 Å². The molecule has 2 aliphatic heterocycles. The lowest BCUT2D eigenvalue weighted by Crippen LogP contribution is -2.50. The Labute approximate surface area is 194 Å². The minimum absolute atomic E-state index is 0.140. The first-order valence-electron chi connectivity index (χ1n) is 12.4. The Morgan fingerprint density at radius 2 is 1.78 bits per heavy atom. The van der Waals surface area contributed by atoms with E-state index in [4.69, 9.17) is 9.73 Å². The number of hydrogen-bond acceptors (Lipinski definition) is 3. The number of likely N-dealkylation sites (tertiary alicyclic amines) is 1. The summed E-state index contributed by atoms with van der Waals surface area (Å²) in [6, 6.07) is 10.7. The summed E-state index contributed by atoms with van der Waals surface area (Å²) in [4.78, 5) is 22.2. The molecule has 0 atom stereocenters. The summed E-state index contributed by atoms with van der Waals surface area (Å²) >= 11 is 0. The fraction of sp³-hybridized carbons (Fsp3) is 0.692. The van der Waals surface area contributed by atoms with Crippen LogP contribution in [0.4, 0.5) is 0 Å². The molecule has 2 heterocycles. The molecule has 178 valence electrons. The third kappa shape index (κ3) is 7.51. The molecule has 0 spiro atoms. The maximum absolute atomic E-state index is 12.8. The summed E-state index contributed by atoms with van der Waals surface area (Å²) < 4.78 is 5.39. The first-order chi connectivity index (χ1) is 15.5. The van der Waals surface area contributed by atoms with Crippen LogP contribution in [0.25, 0.3) is 0 Å². The van der Waals surface area contributed by atoms with Crippen molar-refractivity contribution < 1.29 is 9.53 Å². The number of benzene rings is 1. The van der Waals surface area contributed by atoms with Crippen molar-refractivity contribution in [2.75, 3.05) is 52.5 Å². The highest BCUT2D eigenvalue weighted by molar-refractivity contribution is 5.82. The van der Waals surface area contributed by atoms with E-state index in [1.54, 1.807) is 0 Å². The zero-order chi connectivity index (χ0) is 22.8.